The zero-order valence-corrected chi connectivity index (χ0v) is 11.8. The lowest BCUT2D eigenvalue weighted by Gasteiger charge is -2.08. The van der Waals surface area contributed by atoms with Gasteiger partial charge in [0.25, 0.3) is 0 Å². The fourth-order valence-corrected chi connectivity index (χ4v) is 1.96. The molecule has 7 heteroatoms. The van der Waals surface area contributed by atoms with E-state index in [1.54, 1.807) is 0 Å². The summed E-state index contributed by atoms with van der Waals surface area (Å²) in [6, 6.07) is 4.30. The summed E-state index contributed by atoms with van der Waals surface area (Å²) in [7, 11) is 0. The average Bonchev–Trinajstić information content (AvgIpc) is 2.72. The molecule has 0 aliphatic heterocycles. The van der Waals surface area contributed by atoms with Crippen LogP contribution in [0.15, 0.2) is 23.0 Å². The maximum Gasteiger partial charge on any atom is 0.335 e. The molecule has 2 aromatic rings. The molecule has 0 saturated heterocycles. The van der Waals surface area contributed by atoms with Gasteiger partial charge >= 0.3 is 11.7 Å². The van der Waals surface area contributed by atoms with Crippen LogP contribution in [0.5, 0.6) is 0 Å². The topological polar surface area (TPSA) is 104 Å². The summed E-state index contributed by atoms with van der Waals surface area (Å²) in [6.07, 6.45) is 0. The largest absolute Gasteiger partial charge is 0.478 e. The number of carboxylic acids is 1. The third-order valence-corrected chi connectivity index (χ3v) is 3.03. The number of nitrogens with zero attached hydrogens (tertiary/aromatic N) is 1. The van der Waals surface area contributed by atoms with Crippen molar-refractivity contribution in [1.82, 2.24) is 14.9 Å². The molecule has 0 aliphatic rings. The van der Waals surface area contributed by atoms with Crippen molar-refractivity contribution in [2.75, 3.05) is 6.54 Å². The number of hydrogen-bond acceptors (Lipinski definition) is 3. The van der Waals surface area contributed by atoms with Gasteiger partial charge in [0.1, 0.15) is 6.54 Å². The summed E-state index contributed by atoms with van der Waals surface area (Å²) in [5.74, 6) is -1.05. The summed E-state index contributed by atoms with van der Waals surface area (Å²) in [5, 5.41) is 11.7. The molecule has 21 heavy (non-hydrogen) atoms. The molecule has 0 spiro atoms. The Morgan fingerprint density at radius 3 is 2.71 bits per heavy atom. The molecule has 0 atom stereocenters. The number of nitrogens with one attached hydrogen (secondary N) is 2. The van der Waals surface area contributed by atoms with Crippen molar-refractivity contribution in [2.24, 2.45) is 5.92 Å². The molecule has 1 heterocycles. The Hall–Kier alpha value is -2.57. The van der Waals surface area contributed by atoms with Crippen LogP contribution in [-0.2, 0) is 11.3 Å². The van der Waals surface area contributed by atoms with E-state index in [2.05, 4.69) is 10.3 Å². The molecule has 0 radical (unpaired) electrons. The lowest BCUT2D eigenvalue weighted by molar-refractivity contribution is -0.121. The van der Waals surface area contributed by atoms with Gasteiger partial charge in [-0.15, -0.1) is 0 Å². The molecule has 1 aromatic carbocycles. The summed E-state index contributed by atoms with van der Waals surface area (Å²) >= 11 is 0. The van der Waals surface area contributed by atoms with E-state index >= 15 is 0 Å². The number of hydrogen-bond donors (Lipinski definition) is 3. The van der Waals surface area contributed by atoms with E-state index in [1.165, 1.54) is 22.8 Å². The monoisotopic (exact) mass is 291 g/mol. The third-order valence-electron chi connectivity index (χ3n) is 3.03. The predicted octanol–water partition coefficient (Wildman–Crippen LogP) is 0.800. The number of aromatic nitrogens is 2. The Labute approximate surface area is 120 Å². The van der Waals surface area contributed by atoms with Crippen LogP contribution in [0.25, 0.3) is 11.0 Å². The molecule has 1 amide bonds. The molecule has 0 fully saturated rings. The number of carbonyl (C=O) groups is 2. The van der Waals surface area contributed by atoms with Crippen LogP contribution in [0.1, 0.15) is 24.2 Å². The standard InChI is InChI=1S/C14H17N3O4/c1-8(2)6-15-12(18)7-17-11-5-9(13(19)20)3-4-10(11)16-14(17)21/h3-5,8H,6-7H2,1-2H3,(H,15,18)(H,16,21)(H,19,20). The zero-order chi connectivity index (χ0) is 15.6. The van der Waals surface area contributed by atoms with Crippen LogP contribution >= 0.6 is 0 Å². The molecule has 2 rings (SSSR count). The lowest BCUT2D eigenvalue weighted by atomic mass is 10.2. The maximum atomic E-state index is 11.9. The van der Waals surface area contributed by atoms with Crippen LogP contribution in [0.2, 0.25) is 0 Å². The van der Waals surface area contributed by atoms with Gasteiger partial charge in [0.05, 0.1) is 16.6 Å². The molecule has 7 nitrogen and oxygen atoms in total. The summed E-state index contributed by atoms with van der Waals surface area (Å²) in [5.41, 5.74) is 0.534. The van der Waals surface area contributed by atoms with E-state index in [0.717, 1.165) is 0 Å². The molecular formula is C14H17N3O4. The number of rotatable bonds is 5. The normalized spacial score (nSPS) is 11.0. The van der Waals surface area contributed by atoms with Crippen LogP contribution in [0.3, 0.4) is 0 Å². The average molecular weight is 291 g/mol. The number of carbonyl (C=O) groups excluding carboxylic acids is 1. The predicted molar refractivity (Wildman–Crippen MR) is 77.4 cm³/mol. The summed E-state index contributed by atoms with van der Waals surface area (Å²) in [6.45, 7) is 4.32. The number of aromatic amines is 1. The number of carboxylic acid groups (broad SMARTS) is 1. The number of amides is 1. The number of imidazole rings is 1. The SMILES string of the molecule is CC(C)CNC(=O)Cn1c(=O)[nH]c2ccc(C(=O)O)cc21. The van der Waals surface area contributed by atoms with Crippen molar-refractivity contribution in [1.29, 1.82) is 0 Å². The Balaban J connectivity index is 2.32. The van der Waals surface area contributed by atoms with E-state index in [9.17, 15) is 14.4 Å². The van der Waals surface area contributed by atoms with Gasteiger partial charge in [-0.05, 0) is 24.1 Å². The van der Waals surface area contributed by atoms with Crippen molar-refractivity contribution in [3.63, 3.8) is 0 Å². The Morgan fingerprint density at radius 1 is 1.38 bits per heavy atom. The highest BCUT2D eigenvalue weighted by Gasteiger charge is 2.13. The Bertz CT molecular complexity index is 742. The number of benzene rings is 1. The third kappa shape index (κ3) is 3.31. The van der Waals surface area contributed by atoms with Gasteiger partial charge in [-0.25, -0.2) is 9.59 Å². The van der Waals surface area contributed by atoms with E-state index in [-0.39, 0.29) is 18.0 Å². The van der Waals surface area contributed by atoms with Gasteiger partial charge in [-0.1, -0.05) is 13.8 Å². The number of aromatic carboxylic acids is 1. The van der Waals surface area contributed by atoms with Crippen molar-refractivity contribution >= 4 is 22.9 Å². The highest BCUT2D eigenvalue weighted by Crippen LogP contribution is 2.13. The van der Waals surface area contributed by atoms with Crippen LogP contribution in [0.4, 0.5) is 0 Å². The minimum atomic E-state index is -1.08. The number of fused-ring (bicyclic) bond motifs is 1. The van der Waals surface area contributed by atoms with Crippen molar-refractivity contribution in [3.05, 3.63) is 34.2 Å². The minimum Gasteiger partial charge on any atom is -0.478 e. The fourth-order valence-electron chi connectivity index (χ4n) is 1.96. The molecule has 0 aliphatic carbocycles. The van der Waals surface area contributed by atoms with Crippen molar-refractivity contribution < 1.29 is 14.7 Å². The molecule has 0 saturated carbocycles. The summed E-state index contributed by atoms with van der Waals surface area (Å²) in [4.78, 5) is 37.3. The second-order valence-corrected chi connectivity index (χ2v) is 5.25. The molecule has 3 N–H and O–H groups in total. The molecule has 112 valence electrons. The first-order valence-corrected chi connectivity index (χ1v) is 6.61. The number of H-pyrrole nitrogens is 1. The highest BCUT2D eigenvalue weighted by atomic mass is 16.4. The summed E-state index contributed by atoms with van der Waals surface area (Å²) < 4.78 is 1.23. The smallest absolute Gasteiger partial charge is 0.335 e. The lowest BCUT2D eigenvalue weighted by Crippen LogP contribution is -2.33. The van der Waals surface area contributed by atoms with E-state index < -0.39 is 11.7 Å². The van der Waals surface area contributed by atoms with Crippen LogP contribution < -0.4 is 11.0 Å². The first-order valence-electron chi connectivity index (χ1n) is 6.61. The van der Waals surface area contributed by atoms with Crippen LogP contribution in [-0.4, -0.2) is 33.1 Å². The van der Waals surface area contributed by atoms with E-state index in [4.69, 9.17) is 5.11 Å². The van der Waals surface area contributed by atoms with Gasteiger partial charge in [-0.3, -0.25) is 9.36 Å². The van der Waals surface area contributed by atoms with E-state index in [0.29, 0.717) is 23.5 Å². The van der Waals surface area contributed by atoms with Gasteiger partial charge in [-0.2, -0.15) is 0 Å². The first-order chi connectivity index (χ1) is 9.88. The minimum absolute atomic E-state index is 0.0674. The van der Waals surface area contributed by atoms with Gasteiger partial charge in [0.15, 0.2) is 0 Å². The second-order valence-electron chi connectivity index (χ2n) is 5.25. The van der Waals surface area contributed by atoms with Crippen LogP contribution in [0, 0.1) is 5.92 Å². The van der Waals surface area contributed by atoms with Gasteiger partial charge < -0.3 is 15.4 Å². The Morgan fingerprint density at radius 2 is 2.10 bits per heavy atom. The fraction of sp³-hybridized carbons (Fsp3) is 0.357. The van der Waals surface area contributed by atoms with Crippen molar-refractivity contribution in [3.8, 4) is 0 Å². The van der Waals surface area contributed by atoms with Gasteiger partial charge in [0, 0.05) is 6.54 Å². The van der Waals surface area contributed by atoms with Gasteiger partial charge in [0.2, 0.25) is 5.91 Å². The molecule has 1 aromatic heterocycles. The second kappa shape index (κ2) is 5.82. The maximum absolute atomic E-state index is 11.9. The molecule has 0 bridgehead atoms. The highest BCUT2D eigenvalue weighted by molar-refractivity contribution is 5.92. The molecule has 0 unspecified atom stereocenters. The van der Waals surface area contributed by atoms with Crippen molar-refractivity contribution in [2.45, 2.75) is 20.4 Å². The van der Waals surface area contributed by atoms with E-state index in [1.807, 2.05) is 13.8 Å². The molecular weight excluding hydrogens is 274 g/mol. The Kier molecular flexibility index (Phi) is 4.11. The first kappa shape index (κ1) is 14.8. The zero-order valence-electron chi connectivity index (χ0n) is 11.8. The quantitative estimate of drug-likeness (QED) is 0.757.